The molecule has 0 atom stereocenters. The lowest BCUT2D eigenvalue weighted by Crippen LogP contribution is -2.45. The number of ether oxygens (including phenoxy) is 2. The molecule has 0 aromatic heterocycles. The second-order valence-electron chi connectivity index (χ2n) is 7.82. The van der Waals surface area contributed by atoms with Crippen LogP contribution in [0.3, 0.4) is 0 Å². The van der Waals surface area contributed by atoms with Crippen LogP contribution in [0.15, 0.2) is 23.2 Å². The number of nitrogens with zero attached hydrogens (tertiary/aromatic N) is 1. The van der Waals surface area contributed by atoms with Gasteiger partial charge in [-0.2, -0.15) is 0 Å². The third kappa shape index (κ3) is 7.20. The number of hydrogen-bond donors (Lipinski definition) is 3. The highest BCUT2D eigenvalue weighted by atomic mass is 127. The highest BCUT2D eigenvalue weighted by Crippen LogP contribution is 2.35. The number of aliphatic imine (C=N–C) groups is 1. The van der Waals surface area contributed by atoms with E-state index in [0.29, 0.717) is 12.6 Å². The van der Waals surface area contributed by atoms with E-state index < -0.39 is 0 Å². The van der Waals surface area contributed by atoms with Crippen molar-refractivity contribution in [3.05, 3.63) is 23.8 Å². The number of aliphatic hydroxyl groups is 1. The summed E-state index contributed by atoms with van der Waals surface area (Å²) in [5.74, 6) is 2.43. The molecule has 3 rings (SSSR count). The first-order valence-electron chi connectivity index (χ1n) is 10.7. The first-order chi connectivity index (χ1) is 13.7. The van der Waals surface area contributed by atoms with Gasteiger partial charge in [-0.25, -0.2) is 4.99 Å². The summed E-state index contributed by atoms with van der Waals surface area (Å²) in [4.78, 5) is 4.80. The summed E-state index contributed by atoms with van der Waals surface area (Å²) in [6.45, 7) is 3.41. The van der Waals surface area contributed by atoms with Gasteiger partial charge in [-0.05, 0) is 64.4 Å². The van der Waals surface area contributed by atoms with Crippen LogP contribution in [0.4, 0.5) is 0 Å². The minimum absolute atomic E-state index is 0. The summed E-state index contributed by atoms with van der Waals surface area (Å²) in [7, 11) is 1.69. The van der Waals surface area contributed by atoms with Crippen molar-refractivity contribution in [3.8, 4) is 11.5 Å². The molecule has 1 aromatic carbocycles. The Bertz CT molecular complexity index is 642. The maximum absolute atomic E-state index is 9.71. The average molecular weight is 517 g/mol. The zero-order valence-corrected chi connectivity index (χ0v) is 20.0. The highest BCUT2D eigenvalue weighted by molar-refractivity contribution is 14.0. The Hall–Kier alpha value is -1.22. The molecule has 29 heavy (non-hydrogen) atoms. The minimum Gasteiger partial charge on any atom is -0.493 e. The summed E-state index contributed by atoms with van der Waals surface area (Å²) >= 11 is 0. The molecule has 2 aliphatic rings. The van der Waals surface area contributed by atoms with Crippen molar-refractivity contribution >= 4 is 29.9 Å². The van der Waals surface area contributed by atoms with Gasteiger partial charge in [0.2, 0.25) is 0 Å². The fourth-order valence-electron chi connectivity index (χ4n) is 4.05. The topological polar surface area (TPSA) is 75.1 Å². The molecule has 2 saturated carbocycles. The molecule has 1 aromatic rings. The molecule has 0 aliphatic heterocycles. The molecule has 0 heterocycles. The van der Waals surface area contributed by atoms with Gasteiger partial charge in [0, 0.05) is 18.2 Å². The average Bonchev–Trinajstić information content (AvgIpc) is 3.22. The number of halogens is 1. The number of hydrogen-bond acceptors (Lipinski definition) is 4. The van der Waals surface area contributed by atoms with Crippen LogP contribution in [0, 0.1) is 0 Å². The number of rotatable bonds is 7. The van der Waals surface area contributed by atoms with E-state index in [2.05, 4.69) is 23.6 Å². The summed E-state index contributed by atoms with van der Waals surface area (Å²) in [5.41, 5.74) is 1.04. The van der Waals surface area contributed by atoms with Gasteiger partial charge < -0.3 is 25.2 Å². The van der Waals surface area contributed by atoms with Crippen molar-refractivity contribution in [2.75, 3.05) is 13.7 Å². The van der Waals surface area contributed by atoms with E-state index in [1.807, 2.05) is 12.1 Å². The van der Waals surface area contributed by atoms with E-state index in [4.69, 9.17) is 14.5 Å². The fraction of sp³-hybridized carbons (Fsp3) is 0.682. The highest BCUT2D eigenvalue weighted by Gasteiger charge is 2.22. The number of aliphatic hydroxyl groups excluding tert-OH is 1. The second kappa shape index (κ2) is 12.5. The lowest BCUT2D eigenvalue weighted by molar-refractivity contribution is 0.120. The van der Waals surface area contributed by atoms with Crippen LogP contribution in [-0.2, 0) is 6.54 Å². The molecule has 3 N–H and O–H groups in total. The molecule has 6 nitrogen and oxygen atoms in total. The summed E-state index contributed by atoms with van der Waals surface area (Å²) < 4.78 is 11.9. The molecule has 0 amide bonds. The van der Waals surface area contributed by atoms with Crippen molar-refractivity contribution in [2.24, 2.45) is 4.99 Å². The Balaban J connectivity index is 0.00000300. The molecular formula is C22H36IN3O3. The predicted octanol–water partition coefficient (Wildman–Crippen LogP) is 3.99. The fourth-order valence-corrected chi connectivity index (χ4v) is 4.05. The Labute approximate surface area is 191 Å². The van der Waals surface area contributed by atoms with Crippen molar-refractivity contribution in [3.63, 3.8) is 0 Å². The molecule has 0 bridgehead atoms. The largest absolute Gasteiger partial charge is 0.493 e. The minimum atomic E-state index is -0.148. The van der Waals surface area contributed by atoms with Gasteiger partial charge in [-0.1, -0.05) is 12.1 Å². The molecule has 0 radical (unpaired) electrons. The first-order valence-corrected chi connectivity index (χ1v) is 10.7. The van der Waals surface area contributed by atoms with Crippen LogP contribution in [0.2, 0.25) is 0 Å². The number of guanidine groups is 1. The third-order valence-electron chi connectivity index (χ3n) is 5.66. The molecule has 0 spiro atoms. The van der Waals surface area contributed by atoms with E-state index in [9.17, 15) is 5.11 Å². The SMILES string of the molecule is CCNC(=NCc1cccc(OC)c1OC1CCCC1)NC1CCC(O)CC1.I. The van der Waals surface area contributed by atoms with E-state index >= 15 is 0 Å². The van der Waals surface area contributed by atoms with Gasteiger partial charge in [-0.3, -0.25) is 0 Å². The third-order valence-corrected chi connectivity index (χ3v) is 5.66. The Morgan fingerprint density at radius 3 is 2.52 bits per heavy atom. The first kappa shape index (κ1) is 24.1. The normalized spacial score (nSPS) is 22.7. The van der Waals surface area contributed by atoms with Gasteiger partial charge in [0.15, 0.2) is 17.5 Å². The number of methoxy groups -OCH3 is 1. The van der Waals surface area contributed by atoms with Crippen LogP contribution < -0.4 is 20.1 Å². The molecule has 0 saturated heterocycles. The van der Waals surface area contributed by atoms with Crippen molar-refractivity contribution in [1.29, 1.82) is 0 Å². The molecule has 0 unspecified atom stereocenters. The zero-order chi connectivity index (χ0) is 19.8. The van der Waals surface area contributed by atoms with Gasteiger partial charge in [0.25, 0.3) is 0 Å². The van der Waals surface area contributed by atoms with E-state index in [1.54, 1.807) is 7.11 Å². The van der Waals surface area contributed by atoms with Gasteiger partial charge >= 0.3 is 0 Å². The predicted molar refractivity (Wildman–Crippen MR) is 128 cm³/mol. The lowest BCUT2D eigenvalue weighted by Gasteiger charge is -2.27. The summed E-state index contributed by atoms with van der Waals surface area (Å²) in [6.07, 6.45) is 8.47. The van der Waals surface area contributed by atoms with Gasteiger partial charge in [0.1, 0.15) is 0 Å². The van der Waals surface area contributed by atoms with Crippen LogP contribution in [0.5, 0.6) is 11.5 Å². The van der Waals surface area contributed by atoms with E-state index in [-0.39, 0.29) is 36.2 Å². The Kier molecular flexibility index (Phi) is 10.3. The number of para-hydroxylation sites is 1. The number of benzene rings is 1. The molecule has 7 heteroatoms. The Morgan fingerprint density at radius 2 is 1.86 bits per heavy atom. The van der Waals surface area contributed by atoms with Crippen molar-refractivity contribution in [2.45, 2.75) is 83.1 Å². The maximum atomic E-state index is 9.71. The smallest absolute Gasteiger partial charge is 0.191 e. The Morgan fingerprint density at radius 1 is 1.14 bits per heavy atom. The summed E-state index contributed by atoms with van der Waals surface area (Å²) in [5, 5.41) is 16.6. The molecule has 2 fully saturated rings. The van der Waals surface area contributed by atoms with Crippen molar-refractivity contribution in [1.82, 2.24) is 10.6 Å². The van der Waals surface area contributed by atoms with E-state index in [1.165, 1.54) is 12.8 Å². The number of nitrogens with one attached hydrogen (secondary N) is 2. The van der Waals surface area contributed by atoms with Crippen LogP contribution in [-0.4, -0.2) is 43.0 Å². The van der Waals surface area contributed by atoms with Crippen LogP contribution in [0.1, 0.15) is 63.9 Å². The molecular weight excluding hydrogens is 481 g/mol. The molecule has 2 aliphatic carbocycles. The lowest BCUT2D eigenvalue weighted by atomic mass is 9.93. The van der Waals surface area contributed by atoms with Gasteiger partial charge in [-0.15, -0.1) is 24.0 Å². The standard InChI is InChI=1S/C22H35N3O3.HI/c1-3-23-22(25-17-11-13-18(26)14-12-17)24-15-16-7-6-10-20(27-2)21(16)28-19-8-4-5-9-19;/h6-7,10,17-19,26H,3-5,8-9,11-15H2,1-2H3,(H2,23,24,25);1H. The maximum Gasteiger partial charge on any atom is 0.191 e. The zero-order valence-electron chi connectivity index (χ0n) is 17.7. The monoisotopic (exact) mass is 517 g/mol. The quantitative estimate of drug-likeness (QED) is 0.290. The second-order valence-corrected chi connectivity index (χ2v) is 7.82. The van der Waals surface area contributed by atoms with E-state index in [0.717, 1.165) is 68.1 Å². The van der Waals surface area contributed by atoms with Crippen LogP contribution in [0.25, 0.3) is 0 Å². The van der Waals surface area contributed by atoms with Crippen molar-refractivity contribution < 1.29 is 14.6 Å². The summed E-state index contributed by atoms with van der Waals surface area (Å²) in [6, 6.07) is 6.37. The molecule has 164 valence electrons. The van der Waals surface area contributed by atoms with Crippen LogP contribution >= 0.6 is 24.0 Å². The van der Waals surface area contributed by atoms with Gasteiger partial charge in [0.05, 0.1) is 25.9 Å².